The van der Waals surface area contributed by atoms with Gasteiger partial charge in [-0.2, -0.15) is 0 Å². The number of carbonyl (C=O) groups is 5. The van der Waals surface area contributed by atoms with Crippen LogP contribution >= 0.6 is 0 Å². The van der Waals surface area contributed by atoms with Gasteiger partial charge in [-0.3, -0.25) is 19.2 Å². The summed E-state index contributed by atoms with van der Waals surface area (Å²) in [6, 6.07) is 0. The average Bonchev–Trinajstić information content (AvgIpc) is 3.69. The normalized spacial score (nSPS) is 23.1. The summed E-state index contributed by atoms with van der Waals surface area (Å²) in [5.41, 5.74) is 0.252. The minimum Gasteiger partial charge on any atom is -0.465 e. The van der Waals surface area contributed by atoms with Gasteiger partial charge in [0, 0.05) is 25.6 Å². The molecule has 1 heterocycles. The van der Waals surface area contributed by atoms with Gasteiger partial charge in [-0.25, -0.2) is 4.79 Å². The molecule has 2 fully saturated rings. The molecule has 3 aliphatic rings. The van der Waals surface area contributed by atoms with Gasteiger partial charge in [0.25, 0.3) is 0 Å². The Kier molecular flexibility index (Phi) is 26.6. The van der Waals surface area contributed by atoms with Crippen LogP contribution in [0.15, 0.2) is 36.0 Å². The Morgan fingerprint density at radius 3 is 1.58 bits per heavy atom. The van der Waals surface area contributed by atoms with Crippen LogP contribution in [0.25, 0.3) is 0 Å². The Morgan fingerprint density at radius 2 is 1.11 bits per heavy atom. The number of hydrogen-bond donors (Lipinski definition) is 0. The second kappa shape index (κ2) is 31.2. The number of allylic oxidation sites excluding steroid dienone is 2. The molecule has 3 rings (SSSR count). The van der Waals surface area contributed by atoms with Gasteiger partial charge in [-0.05, 0) is 43.1 Å². The quantitative estimate of drug-likeness (QED) is 0.0383. The fraction of sp³-hybridized carbons (Fsp3) is 0.761. The molecule has 0 N–H and O–H groups in total. The molecule has 18 nitrogen and oxygen atoms in total. The predicted octanol–water partition coefficient (Wildman–Crippen LogP) is 3.91. The van der Waals surface area contributed by atoms with E-state index in [1.165, 1.54) is 0 Å². The fourth-order valence-electron chi connectivity index (χ4n) is 8.24. The molecule has 0 aromatic heterocycles. The van der Waals surface area contributed by atoms with Crippen LogP contribution in [0, 0.1) is 22.7 Å². The molecule has 0 aromatic carbocycles. The van der Waals surface area contributed by atoms with E-state index in [-0.39, 0.29) is 83.1 Å². The van der Waals surface area contributed by atoms with Gasteiger partial charge in [0.05, 0.1) is 124 Å². The topological polar surface area (TPSA) is 205 Å². The van der Waals surface area contributed by atoms with Crippen molar-refractivity contribution in [2.24, 2.45) is 22.7 Å². The highest BCUT2D eigenvalue weighted by Gasteiger charge is 2.59. The molecule has 1 aliphatic heterocycles. The van der Waals surface area contributed by atoms with Crippen LogP contribution in [0.3, 0.4) is 0 Å². The zero-order valence-corrected chi connectivity index (χ0v) is 38.4. The number of ether oxygens (including phenoxy) is 13. The summed E-state index contributed by atoms with van der Waals surface area (Å²) < 4.78 is 69.7. The molecule has 0 radical (unpaired) electrons. The molecule has 0 unspecified atom stereocenters. The summed E-state index contributed by atoms with van der Waals surface area (Å²) in [5.74, 6) is -2.92. The van der Waals surface area contributed by atoms with Crippen LogP contribution < -0.4 is 0 Å². The molecule has 18 heteroatoms. The lowest BCUT2D eigenvalue weighted by Crippen LogP contribution is -2.58. The van der Waals surface area contributed by atoms with Crippen molar-refractivity contribution in [3.05, 3.63) is 36.0 Å². The molecule has 364 valence electrons. The van der Waals surface area contributed by atoms with Crippen LogP contribution in [-0.2, 0) is 85.6 Å². The van der Waals surface area contributed by atoms with E-state index in [0.717, 1.165) is 5.57 Å². The van der Waals surface area contributed by atoms with E-state index in [0.29, 0.717) is 111 Å². The second-order valence-corrected chi connectivity index (χ2v) is 16.1. The van der Waals surface area contributed by atoms with Crippen molar-refractivity contribution in [2.45, 2.75) is 71.3 Å². The lowest BCUT2D eigenvalue weighted by atomic mass is 9.46. The number of carbonyl (C=O) groups excluding carboxylic acids is 5. The number of fused-ring (bicyclic) bond motifs is 1. The smallest absolute Gasteiger partial charge is 0.338 e. The molecular weight excluding hydrogens is 840 g/mol. The number of esters is 5. The van der Waals surface area contributed by atoms with Gasteiger partial charge in [0.1, 0.15) is 32.5 Å². The lowest BCUT2D eigenvalue weighted by molar-refractivity contribution is -0.192. The van der Waals surface area contributed by atoms with Gasteiger partial charge >= 0.3 is 29.8 Å². The number of hydrogen-bond acceptors (Lipinski definition) is 18. The molecule has 0 saturated heterocycles. The summed E-state index contributed by atoms with van der Waals surface area (Å²) >= 11 is 0. The van der Waals surface area contributed by atoms with Crippen molar-refractivity contribution in [3.63, 3.8) is 0 Å². The van der Waals surface area contributed by atoms with E-state index in [9.17, 15) is 24.0 Å². The molecule has 64 heavy (non-hydrogen) atoms. The molecule has 0 aromatic rings. The lowest BCUT2D eigenvalue weighted by Gasteiger charge is -2.59. The monoisotopic (exact) mass is 912 g/mol. The zero-order valence-electron chi connectivity index (χ0n) is 38.4. The standard InChI is InChI=1S/C46H72O18/c1-35-6-9-38-45(2,37(35)8-7-36-15-17-62-44(36)51)16-14-39(64-43(50)13-12-41(48)61-33-31-59-29-27-57-25-23-55-21-19-53-5)46(38,3)34-63-42(49)11-10-40(47)60-32-30-58-28-26-56-24-22-54-20-18-52-4/h7-8,15,37-39H,1,6,9-14,16-34H2,2-5H3/b8-7+/t37-,38+,39-,45+,46+/m1/s1. The van der Waals surface area contributed by atoms with Gasteiger partial charge in [-0.1, -0.05) is 38.2 Å². The zero-order chi connectivity index (χ0) is 46.5. The van der Waals surface area contributed by atoms with Crippen molar-refractivity contribution in [1.29, 1.82) is 0 Å². The Labute approximate surface area is 377 Å². The van der Waals surface area contributed by atoms with Gasteiger partial charge in [0.2, 0.25) is 0 Å². The Balaban J connectivity index is 1.49. The van der Waals surface area contributed by atoms with Gasteiger partial charge in [-0.15, -0.1) is 0 Å². The van der Waals surface area contributed by atoms with E-state index >= 15 is 0 Å². The molecule has 0 spiro atoms. The van der Waals surface area contributed by atoms with E-state index in [4.69, 9.17) is 61.6 Å². The van der Waals surface area contributed by atoms with E-state index in [1.54, 1.807) is 26.4 Å². The minimum absolute atomic E-state index is 0.0222. The van der Waals surface area contributed by atoms with Crippen LogP contribution in [-0.4, -0.2) is 169 Å². The van der Waals surface area contributed by atoms with Crippen LogP contribution in [0.4, 0.5) is 0 Å². The van der Waals surface area contributed by atoms with Crippen molar-refractivity contribution in [1.82, 2.24) is 0 Å². The third-order valence-corrected chi connectivity index (χ3v) is 11.6. The summed E-state index contributed by atoms with van der Waals surface area (Å²) in [4.78, 5) is 63.6. The number of methoxy groups -OCH3 is 2. The maximum atomic E-state index is 13.3. The van der Waals surface area contributed by atoms with Crippen molar-refractivity contribution < 1.29 is 85.6 Å². The average molecular weight is 913 g/mol. The van der Waals surface area contributed by atoms with E-state index < -0.39 is 40.8 Å². The molecular formula is C46H72O18. The summed E-state index contributed by atoms with van der Waals surface area (Å²) in [7, 11) is 3.21. The maximum Gasteiger partial charge on any atom is 0.338 e. The predicted molar refractivity (Wildman–Crippen MR) is 229 cm³/mol. The first kappa shape index (κ1) is 54.6. The van der Waals surface area contributed by atoms with Crippen molar-refractivity contribution in [3.8, 4) is 0 Å². The first-order chi connectivity index (χ1) is 30.9. The van der Waals surface area contributed by atoms with Gasteiger partial charge < -0.3 is 61.6 Å². The van der Waals surface area contributed by atoms with Crippen molar-refractivity contribution >= 4 is 29.8 Å². The molecule has 0 amide bonds. The molecule has 0 bridgehead atoms. The highest BCUT2D eigenvalue weighted by atomic mass is 16.6. The highest BCUT2D eigenvalue weighted by Crippen LogP contribution is 2.62. The first-order valence-corrected chi connectivity index (χ1v) is 22.3. The van der Waals surface area contributed by atoms with Crippen LogP contribution in [0.5, 0.6) is 0 Å². The summed E-state index contributed by atoms with van der Waals surface area (Å²) in [6.07, 6.45) is 6.57. The van der Waals surface area contributed by atoms with E-state index in [2.05, 4.69) is 13.5 Å². The number of cyclic esters (lactones) is 1. The molecule has 2 saturated carbocycles. The maximum absolute atomic E-state index is 13.3. The van der Waals surface area contributed by atoms with E-state index in [1.807, 2.05) is 13.0 Å². The Hall–Kier alpha value is -3.75. The minimum atomic E-state index is -0.853. The second-order valence-electron chi connectivity index (χ2n) is 16.1. The third kappa shape index (κ3) is 19.8. The van der Waals surface area contributed by atoms with Gasteiger partial charge in [0.15, 0.2) is 0 Å². The largest absolute Gasteiger partial charge is 0.465 e. The van der Waals surface area contributed by atoms with Crippen molar-refractivity contribution in [2.75, 3.05) is 133 Å². The molecule has 5 atom stereocenters. The summed E-state index contributed by atoms with van der Waals surface area (Å²) in [6.45, 7) is 14.2. The Morgan fingerprint density at radius 1 is 0.656 bits per heavy atom. The number of rotatable bonds is 35. The Bertz CT molecular complexity index is 1500. The third-order valence-electron chi connectivity index (χ3n) is 11.6. The molecule has 2 aliphatic carbocycles. The first-order valence-electron chi connectivity index (χ1n) is 22.3. The fourth-order valence-corrected chi connectivity index (χ4v) is 8.24. The van der Waals surface area contributed by atoms with Crippen LogP contribution in [0.1, 0.15) is 65.2 Å². The summed E-state index contributed by atoms with van der Waals surface area (Å²) in [5, 5.41) is 0. The van der Waals surface area contributed by atoms with Crippen LogP contribution in [0.2, 0.25) is 0 Å². The highest BCUT2D eigenvalue weighted by molar-refractivity contribution is 5.93. The SMILES string of the molecule is C=C1CC[C@@H]2[C@](C)(COC(=O)CCC(=O)OCCOCCOCCOCCOC)[C@H](OC(=O)CCC(=O)OCCOCCOCCOCCOC)CC[C@@]2(C)[C@@H]1/C=C/C1=CCOC1=O.